The number of non-ortho nitro benzene ring substituents is 1. The lowest BCUT2D eigenvalue weighted by molar-refractivity contribution is -0.384. The molecule has 0 atom stereocenters. The molecule has 1 N–H and O–H groups in total. The molecule has 2 aromatic carbocycles. The molecular weight excluding hydrogens is 270 g/mol. The van der Waals surface area contributed by atoms with E-state index < -0.39 is 10.8 Å². The number of hydrogen-bond donors (Lipinski definition) is 1. The Balaban J connectivity index is 2.06. The molecule has 2 aromatic rings. The second-order valence-corrected chi connectivity index (χ2v) is 4.31. The molecule has 106 valence electrons. The van der Waals surface area contributed by atoms with Gasteiger partial charge in [-0.3, -0.25) is 14.9 Å². The highest BCUT2D eigenvalue weighted by Crippen LogP contribution is 2.11. The molecule has 1 amide bonds. The van der Waals surface area contributed by atoms with Crippen LogP contribution in [0.25, 0.3) is 0 Å². The molecule has 0 spiro atoms. The number of carbonyl (C=O) groups is 1. The molecule has 2 rings (SSSR count). The molecular formula is C15H13N3O3. The number of nitro benzene ring substituents is 1. The Morgan fingerprint density at radius 1 is 1.05 bits per heavy atom. The molecule has 0 aliphatic carbocycles. The summed E-state index contributed by atoms with van der Waals surface area (Å²) in [5.41, 5.74) is 4.25. The highest BCUT2D eigenvalue weighted by Gasteiger charge is 2.08. The maximum atomic E-state index is 11.9. The first-order chi connectivity index (χ1) is 10.1. The smallest absolute Gasteiger partial charge is 0.267 e. The first kappa shape index (κ1) is 14.4. The summed E-state index contributed by atoms with van der Waals surface area (Å²) in [6.45, 7) is 1.78. The van der Waals surface area contributed by atoms with Gasteiger partial charge in [-0.25, -0.2) is 5.43 Å². The van der Waals surface area contributed by atoms with E-state index in [-0.39, 0.29) is 5.69 Å². The number of benzene rings is 2. The summed E-state index contributed by atoms with van der Waals surface area (Å²) in [4.78, 5) is 21.9. The molecule has 0 saturated carbocycles. The fraction of sp³-hybridized carbons (Fsp3) is 0.0667. The zero-order valence-electron chi connectivity index (χ0n) is 11.3. The van der Waals surface area contributed by atoms with Crippen molar-refractivity contribution in [2.45, 2.75) is 6.92 Å². The number of rotatable bonds is 4. The maximum Gasteiger partial charge on any atom is 0.271 e. The van der Waals surface area contributed by atoms with Crippen molar-refractivity contribution in [2.75, 3.05) is 0 Å². The van der Waals surface area contributed by atoms with Crippen LogP contribution in [0.1, 0.15) is 22.8 Å². The van der Waals surface area contributed by atoms with E-state index in [0.29, 0.717) is 11.3 Å². The molecule has 0 aliphatic rings. The summed E-state index contributed by atoms with van der Waals surface area (Å²) in [6, 6.07) is 14.8. The number of hydrazone groups is 1. The number of nitro groups is 1. The van der Waals surface area contributed by atoms with Crippen LogP contribution in [0.15, 0.2) is 59.7 Å². The summed E-state index contributed by atoms with van der Waals surface area (Å²) in [7, 11) is 0. The maximum absolute atomic E-state index is 11.9. The van der Waals surface area contributed by atoms with Crippen LogP contribution < -0.4 is 5.43 Å². The molecule has 0 heterocycles. The normalized spacial score (nSPS) is 11.0. The van der Waals surface area contributed by atoms with Crippen LogP contribution in [-0.2, 0) is 0 Å². The van der Waals surface area contributed by atoms with Crippen LogP contribution in [0.2, 0.25) is 0 Å². The lowest BCUT2D eigenvalue weighted by Crippen LogP contribution is -2.19. The quantitative estimate of drug-likeness (QED) is 0.532. The lowest BCUT2D eigenvalue weighted by atomic mass is 10.1. The van der Waals surface area contributed by atoms with Gasteiger partial charge in [0, 0.05) is 17.7 Å². The highest BCUT2D eigenvalue weighted by molar-refractivity contribution is 6.00. The van der Waals surface area contributed by atoms with Crippen molar-refractivity contribution in [1.29, 1.82) is 0 Å². The Morgan fingerprint density at radius 2 is 1.67 bits per heavy atom. The molecule has 21 heavy (non-hydrogen) atoms. The summed E-state index contributed by atoms with van der Waals surface area (Å²) in [5, 5.41) is 14.5. The fourth-order valence-electron chi connectivity index (χ4n) is 1.68. The number of amides is 1. The first-order valence-electron chi connectivity index (χ1n) is 6.22. The van der Waals surface area contributed by atoms with Crippen molar-refractivity contribution in [2.24, 2.45) is 5.10 Å². The monoisotopic (exact) mass is 283 g/mol. The van der Waals surface area contributed by atoms with Gasteiger partial charge in [-0.05, 0) is 24.6 Å². The third kappa shape index (κ3) is 3.73. The van der Waals surface area contributed by atoms with Crippen molar-refractivity contribution in [3.8, 4) is 0 Å². The molecule has 0 saturated heterocycles. The minimum atomic E-state index is -0.514. The van der Waals surface area contributed by atoms with E-state index in [9.17, 15) is 14.9 Å². The van der Waals surface area contributed by atoms with Crippen LogP contribution in [0.5, 0.6) is 0 Å². The van der Waals surface area contributed by atoms with Gasteiger partial charge < -0.3 is 0 Å². The van der Waals surface area contributed by atoms with Crippen LogP contribution in [0.3, 0.4) is 0 Å². The van der Waals surface area contributed by atoms with E-state index in [2.05, 4.69) is 10.5 Å². The third-order valence-corrected chi connectivity index (χ3v) is 2.86. The average Bonchev–Trinajstić information content (AvgIpc) is 2.53. The Kier molecular flexibility index (Phi) is 4.40. The molecule has 6 nitrogen and oxygen atoms in total. The Hall–Kier alpha value is -3.02. The predicted molar refractivity (Wildman–Crippen MR) is 79.2 cm³/mol. The Bertz CT molecular complexity index is 679. The van der Waals surface area contributed by atoms with Gasteiger partial charge in [-0.15, -0.1) is 0 Å². The molecule has 0 aromatic heterocycles. The Labute approximate surface area is 121 Å². The number of nitrogens with zero attached hydrogens (tertiary/aromatic N) is 2. The SMILES string of the molecule is C/C(=N/NC(=O)c1ccc([N+](=O)[O-])cc1)c1ccccc1. The van der Waals surface area contributed by atoms with Crippen LogP contribution in [0.4, 0.5) is 5.69 Å². The number of nitrogens with one attached hydrogen (secondary N) is 1. The molecule has 0 unspecified atom stereocenters. The average molecular weight is 283 g/mol. The number of carbonyl (C=O) groups excluding carboxylic acids is 1. The lowest BCUT2D eigenvalue weighted by Gasteiger charge is -2.03. The summed E-state index contributed by atoms with van der Waals surface area (Å²) >= 11 is 0. The van der Waals surface area contributed by atoms with Gasteiger partial charge in [0.15, 0.2) is 0 Å². The highest BCUT2D eigenvalue weighted by atomic mass is 16.6. The van der Waals surface area contributed by atoms with E-state index in [1.54, 1.807) is 6.92 Å². The molecule has 0 bridgehead atoms. The van der Waals surface area contributed by atoms with Gasteiger partial charge in [0.05, 0.1) is 10.6 Å². The molecule has 0 fully saturated rings. The minimum Gasteiger partial charge on any atom is -0.267 e. The van der Waals surface area contributed by atoms with Crippen LogP contribution >= 0.6 is 0 Å². The molecule has 0 aliphatic heterocycles. The van der Waals surface area contributed by atoms with E-state index in [1.807, 2.05) is 30.3 Å². The molecule has 6 heteroatoms. The predicted octanol–water partition coefficient (Wildman–Crippen LogP) is 2.75. The fourth-order valence-corrected chi connectivity index (χ4v) is 1.68. The minimum absolute atomic E-state index is 0.0597. The van der Waals surface area contributed by atoms with Crippen LogP contribution in [0, 0.1) is 10.1 Å². The molecule has 0 radical (unpaired) electrons. The largest absolute Gasteiger partial charge is 0.271 e. The topological polar surface area (TPSA) is 84.6 Å². The summed E-state index contributed by atoms with van der Waals surface area (Å²) < 4.78 is 0. The zero-order valence-corrected chi connectivity index (χ0v) is 11.3. The second kappa shape index (κ2) is 6.42. The van der Waals surface area contributed by atoms with Crippen molar-refractivity contribution in [3.05, 3.63) is 75.8 Å². The van der Waals surface area contributed by atoms with E-state index >= 15 is 0 Å². The van der Waals surface area contributed by atoms with Gasteiger partial charge >= 0.3 is 0 Å². The first-order valence-corrected chi connectivity index (χ1v) is 6.22. The van der Waals surface area contributed by atoms with E-state index in [4.69, 9.17) is 0 Å². The summed E-state index contributed by atoms with van der Waals surface area (Å²) in [5.74, 6) is -0.417. The number of hydrogen-bond acceptors (Lipinski definition) is 4. The van der Waals surface area contributed by atoms with E-state index in [0.717, 1.165) is 5.56 Å². The van der Waals surface area contributed by atoms with Gasteiger partial charge in [-0.2, -0.15) is 5.10 Å². The summed E-state index contributed by atoms with van der Waals surface area (Å²) in [6.07, 6.45) is 0. The van der Waals surface area contributed by atoms with Crippen molar-refractivity contribution >= 4 is 17.3 Å². The van der Waals surface area contributed by atoms with Gasteiger partial charge in [-0.1, -0.05) is 30.3 Å². The van der Waals surface area contributed by atoms with Crippen molar-refractivity contribution in [1.82, 2.24) is 5.43 Å². The third-order valence-electron chi connectivity index (χ3n) is 2.86. The second-order valence-electron chi connectivity index (χ2n) is 4.31. The standard InChI is InChI=1S/C15H13N3O3/c1-11(12-5-3-2-4-6-12)16-17-15(19)13-7-9-14(10-8-13)18(20)21/h2-10H,1H3,(H,17,19)/b16-11-. The van der Waals surface area contributed by atoms with Crippen molar-refractivity contribution < 1.29 is 9.72 Å². The van der Waals surface area contributed by atoms with Crippen LogP contribution in [-0.4, -0.2) is 16.5 Å². The van der Waals surface area contributed by atoms with Gasteiger partial charge in [0.25, 0.3) is 11.6 Å². The zero-order chi connectivity index (χ0) is 15.2. The Morgan fingerprint density at radius 3 is 2.24 bits per heavy atom. The van der Waals surface area contributed by atoms with Crippen molar-refractivity contribution in [3.63, 3.8) is 0 Å². The van der Waals surface area contributed by atoms with E-state index in [1.165, 1.54) is 24.3 Å². The van der Waals surface area contributed by atoms with Gasteiger partial charge in [0.1, 0.15) is 0 Å². The van der Waals surface area contributed by atoms with Gasteiger partial charge in [0.2, 0.25) is 0 Å².